The van der Waals surface area contributed by atoms with E-state index in [4.69, 9.17) is 4.74 Å². The molecule has 1 atom stereocenters. The van der Waals surface area contributed by atoms with Gasteiger partial charge in [0.15, 0.2) is 0 Å². The minimum Gasteiger partial charge on any atom is -0.387 e. The minimum atomic E-state index is -0.942. The number of rotatable bonds is 5. The summed E-state index contributed by atoms with van der Waals surface area (Å²) in [4.78, 5) is 0. The van der Waals surface area contributed by atoms with Crippen LogP contribution in [0.4, 0.5) is 4.39 Å². The van der Waals surface area contributed by atoms with Gasteiger partial charge < -0.3 is 9.84 Å². The molecule has 1 rings (SSSR count). The number of halogens is 1. The second-order valence-corrected chi connectivity index (χ2v) is 4.50. The molecule has 1 N–H and O–H groups in total. The predicted molar refractivity (Wildman–Crippen MR) is 61.8 cm³/mol. The molecule has 0 aliphatic heterocycles. The van der Waals surface area contributed by atoms with Crippen molar-refractivity contribution >= 4 is 0 Å². The van der Waals surface area contributed by atoms with Crippen molar-refractivity contribution < 1.29 is 14.2 Å². The summed E-state index contributed by atoms with van der Waals surface area (Å²) in [5.74, 6) is -0.225. The van der Waals surface area contributed by atoms with Crippen LogP contribution in [0.1, 0.15) is 19.4 Å². The Morgan fingerprint density at radius 2 is 2.12 bits per heavy atom. The Kier molecular flexibility index (Phi) is 4.44. The first kappa shape index (κ1) is 13.1. The van der Waals surface area contributed by atoms with Gasteiger partial charge in [-0.05, 0) is 23.6 Å². The van der Waals surface area contributed by atoms with Gasteiger partial charge in [0.05, 0.1) is 12.2 Å². The quantitative estimate of drug-likeness (QED) is 0.835. The first-order valence-electron chi connectivity index (χ1n) is 5.43. The average Bonchev–Trinajstić information content (AvgIpc) is 2.17. The van der Waals surface area contributed by atoms with Gasteiger partial charge in [-0.25, -0.2) is 4.39 Å². The van der Waals surface area contributed by atoms with Crippen LogP contribution in [0.5, 0.6) is 0 Å². The van der Waals surface area contributed by atoms with Crippen molar-refractivity contribution in [1.29, 1.82) is 0 Å². The maximum atomic E-state index is 13.0. The molecule has 0 saturated heterocycles. The van der Waals surface area contributed by atoms with Gasteiger partial charge in [0, 0.05) is 13.5 Å². The van der Waals surface area contributed by atoms with E-state index < -0.39 is 5.60 Å². The maximum absolute atomic E-state index is 13.0. The van der Waals surface area contributed by atoms with Crippen LogP contribution >= 0.6 is 0 Å². The van der Waals surface area contributed by atoms with Gasteiger partial charge in [0.2, 0.25) is 0 Å². The van der Waals surface area contributed by atoms with E-state index in [-0.39, 0.29) is 18.3 Å². The van der Waals surface area contributed by atoms with E-state index >= 15 is 0 Å². The topological polar surface area (TPSA) is 29.5 Å². The lowest BCUT2D eigenvalue weighted by molar-refractivity contribution is -0.0637. The molecule has 0 aliphatic rings. The van der Waals surface area contributed by atoms with Gasteiger partial charge >= 0.3 is 0 Å². The van der Waals surface area contributed by atoms with Crippen LogP contribution in [-0.4, -0.2) is 24.4 Å². The molecule has 2 nitrogen and oxygen atoms in total. The fourth-order valence-electron chi connectivity index (χ4n) is 1.67. The van der Waals surface area contributed by atoms with Crippen LogP contribution in [0, 0.1) is 11.7 Å². The second-order valence-electron chi connectivity index (χ2n) is 4.50. The van der Waals surface area contributed by atoms with Gasteiger partial charge in [-0.3, -0.25) is 0 Å². The third-order valence-corrected chi connectivity index (χ3v) is 2.87. The van der Waals surface area contributed by atoms with Crippen molar-refractivity contribution in [2.24, 2.45) is 5.92 Å². The van der Waals surface area contributed by atoms with Crippen LogP contribution < -0.4 is 0 Å². The van der Waals surface area contributed by atoms with E-state index in [0.717, 1.165) is 5.56 Å². The molecule has 16 heavy (non-hydrogen) atoms. The number of hydrogen-bond donors (Lipinski definition) is 1. The summed E-state index contributed by atoms with van der Waals surface area (Å²) in [6.45, 7) is 4.11. The lowest BCUT2D eigenvalue weighted by atomic mass is 9.85. The largest absolute Gasteiger partial charge is 0.387 e. The summed E-state index contributed by atoms with van der Waals surface area (Å²) < 4.78 is 18.0. The lowest BCUT2D eigenvalue weighted by Gasteiger charge is -2.31. The summed E-state index contributed by atoms with van der Waals surface area (Å²) in [6, 6.07) is 6.31. The summed E-state index contributed by atoms with van der Waals surface area (Å²) in [6.07, 6.45) is 0.399. The van der Waals surface area contributed by atoms with Crippen LogP contribution in [0.15, 0.2) is 24.3 Å². The standard InChI is InChI=1S/C13H19FO2/c1-10(2)13(15,9-16-3)8-11-5-4-6-12(14)7-11/h4-7,10,15H,8-9H2,1-3H3. The highest BCUT2D eigenvalue weighted by Crippen LogP contribution is 2.23. The fraction of sp³-hybridized carbons (Fsp3) is 0.538. The molecule has 90 valence electrons. The third-order valence-electron chi connectivity index (χ3n) is 2.87. The summed E-state index contributed by atoms with van der Waals surface area (Å²) in [5, 5.41) is 10.4. The van der Waals surface area contributed by atoms with Gasteiger partial charge in [-0.2, -0.15) is 0 Å². The van der Waals surface area contributed by atoms with Crippen molar-refractivity contribution in [3.8, 4) is 0 Å². The predicted octanol–water partition coefficient (Wildman–Crippen LogP) is 2.40. The van der Waals surface area contributed by atoms with Gasteiger partial charge in [0.1, 0.15) is 5.82 Å². The molecular weight excluding hydrogens is 207 g/mol. The van der Waals surface area contributed by atoms with Crippen molar-refractivity contribution in [2.75, 3.05) is 13.7 Å². The minimum absolute atomic E-state index is 0.0516. The first-order chi connectivity index (χ1) is 7.48. The zero-order chi connectivity index (χ0) is 12.2. The Balaban J connectivity index is 2.83. The van der Waals surface area contributed by atoms with Gasteiger partial charge in [-0.1, -0.05) is 26.0 Å². The number of methoxy groups -OCH3 is 1. The molecule has 1 aromatic carbocycles. The highest BCUT2D eigenvalue weighted by molar-refractivity contribution is 5.18. The molecule has 0 aromatic heterocycles. The number of aliphatic hydroxyl groups is 1. The Morgan fingerprint density at radius 1 is 1.44 bits per heavy atom. The molecule has 1 unspecified atom stereocenters. The molecule has 0 spiro atoms. The number of benzene rings is 1. The molecule has 0 amide bonds. The molecule has 0 heterocycles. The van der Waals surface area contributed by atoms with Crippen molar-refractivity contribution in [1.82, 2.24) is 0 Å². The Bertz CT molecular complexity index is 338. The van der Waals surface area contributed by atoms with Crippen LogP contribution in [0.25, 0.3) is 0 Å². The highest BCUT2D eigenvalue weighted by atomic mass is 19.1. The molecular formula is C13H19FO2. The van der Waals surface area contributed by atoms with E-state index in [0.29, 0.717) is 6.42 Å². The molecule has 3 heteroatoms. The summed E-state index contributed by atoms with van der Waals surface area (Å²) in [5.41, 5.74) is -0.157. The third kappa shape index (κ3) is 3.29. The fourth-order valence-corrected chi connectivity index (χ4v) is 1.67. The monoisotopic (exact) mass is 226 g/mol. The number of ether oxygens (including phenoxy) is 1. The van der Waals surface area contributed by atoms with Crippen LogP contribution in [0.3, 0.4) is 0 Å². The Morgan fingerprint density at radius 3 is 2.62 bits per heavy atom. The Labute approximate surface area is 96.1 Å². The molecule has 0 bridgehead atoms. The molecule has 1 aromatic rings. The van der Waals surface area contributed by atoms with E-state index in [2.05, 4.69) is 0 Å². The molecule has 0 saturated carbocycles. The van der Waals surface area contributed by atoms with Crippen LogP contribution in [0.2, 0.25) is 0 Å². The van der Waals surface area contributed by atoms with Crippen molar-refractivity contribution in [3.63, 3.8) is 0 Å². The SMILES string of the molecule is COCC(O)(Cc1cccc(F)c1)C(C)C. The van der Waals surface area contributed by atoms with Gasteiger partial charge in [0.25, 0.3) is 0 Å². The van der Waals surface area contributed by atoms with E-state index in [1.54, 1.807) is 13.2 Å². The smallest absolute Gasteiger partial charge is 0.123 e. The zero-order valence-corrected chi connectivity index (χ0v) is 10.0. The first-order valence-corrected chi connectivity index (χ1v) is 5.43. The Hall–Kier alpha value is -0.930. The van der Waals surface area contributed by atoms with E-state index in [1.165, 1.54) is 12.1 Å². The molecule has 0 radical (unpaired) electrons. The molecule has 0 fully saturated rings. The maximum Gasteiger partial charge on any atom is 0.123 e. The number of hydrogen-bond acceptors (Lipinski definition) is 2. The lowest BCUT2D eigenvalue weighted by Crippen LogP contribution is -2.42. The normalized spacial score (nSPS) is 15.1. The van der Waals surface area contributed by atoms with Crippen LogP contribution in [-0.2, 0) is 11.2 Å². The molecule has 0 aliphatic carbocycles. The summed E-state index contributed by atoms with van der Waals surface area (Å²) >= 11 is 0. The average molecular weight is 226 g/mol. The van der Waals surface area contributed by atoms with Gasteiger partial charge in [-0.15, -0.1) is 0 Å². The highest BCUT2D eigenvalue weighted by Gasteiger charge is 2.31. The second kappa shape index (κ2) is 5.41. The van der Waals surface area contributed by atoms with E-state index in [9.17, 15) is 9.50 Å². The summed E-state index contributed by atoms with van der Waals surface area (Å²) in [7, 11) is 1.55. The zero-order valence-electron chi connectivity index (χ0n) is 10.0. The van der Waals surface area contributed by atoms with E-state index in [1.807, 2.05) is 19.9 Å². The van der Waals surface area contributed by atoms with Crippen molar-refractivity contribution in [2.45, 2.75) is 25.9 Å². The van der Waals surface area contributed by atoms with Crippen molar-refractivity contribution in [3.05, 3.63) is 35.6 Å².